The monoisotopic (exact) mass is 377 g/mol. The maximum Gasteiger partial charge on any atom is 0.508 e. The van der Waals surface area contributed by atoms with Crippen LogP contribution in [0.15, 0.2) is 12.1 Å². The first kappa shape index (κ1) is 19.8. The Kier molecular flexibility index (Phi) is 6.15. The number of hydrogen-bond donors (Lipinski definition) is 0. The molecule has 27 heavy (non-hydrogen) atoms. The van der Waals surface area contributed by atoms with E-state index in [1.165, 1.54) is 18.2 Å². The van der Waals surface area contributed by atoms with Crippen molar-refractivity contribution in [2.45, 2.75) is 45.3 Å². The Bertz CT molecular complexity index is 675. The lowest BCUT2D eigenvalue weighted by Gasteiger charge is -2.47. The van der Waals surface area contributed by atoms with Crippen LogP contribution in [0.3, 0.4) is 0 Å². The predicted octanol–water partition coefficient (Wildman–Crippen LogP) is 3.82. The summed E-state index contributed by atoms with van der Waals surface area (Å²) in [4.78, 5) is 14.3. The third kappa shape index (κ3) is 4.15. The number of fused-ring (bicyclic) bond motifs is 3. The average molecular weight is 377 g/mol. The minimum atomic E-state index is -0.592. The van der Waals surface area contributed by atoms with Crippen molar-refractivity contribution in [1.29, 1.82) is 0 Å². The summed E-state index contributed by atoms with van der Waals surface area (Å²) in [5, 5.41) is 0. The second-order valence-corrected chi connectivity index (χ2v) is 7.90. The molecule has 0 amide bonds. The molecular weight excluding hydrogens is 346 g/mol. The van der Waals surface area contributed by atoms with Gasteiger partial charge in [-0.15, -0.1) is 0 Å². The third-order valence-electron chi connectivity index (χ3n) is 5.75. The van der Waals surface area contributed by atoms with Crippen LogP contribution in [0.2, 0.25) is 0 Å². The van der Waals surface area contributed by atoms with Crippen molar-refractivity contribution in [2.75, 3.05) is 34.4 Å². The Labute approximate surface area is 161 Å². The van der Waals surface area contributed by atoms with Gasteiger partial charge in [0.05, 0.1) is 21.3 Å². The molecule has 2 aliphatic heterocycles. The van der Waals surface area contributed by atoms with Crippen molar-refractivity contribution < 1.29 is 23.7 Å². The molecule has 0 spiro atoms. The summed E-state index contributed by atoms with van der Waals surface area (Å²) in [6, 6.07) is 4.39. The molecule has 1 aromatic rings. The number of rotatable bonds is 5. The van der Waals surface area contributed by atoms with Gasteiger partial charge in [0, 0.05) is 31.5 Å². The Morgan fingerprint density at radius 1 is 1.19 bits per heavy atom. The van der Waals surface area contributed by atoms with Gasteiger partial charge in [-0.2, -0.15) is 0 Å². The number of nitrogens with zero attached hydrogens (tertiary/aromatic N) is 1. The van der Waals surface area contributed by atoms with E-state index in [1.807, 2.05) is 0 Å². The number of piperidine rings is 1. The number of benzene rings is 1. The van der Waals surface area contributed by atoms with E-state index in [2.05, 4.69) is 30.9 Å². The summed E-state index contributed by atoms with van der Waals surface area (Å²) < 4.78 is 21.4. The normalized spacial score (nSPS) is 24.7. The smallest absolute Gasteiger partial charge is 0.493 e. The van der Waals surface area contributed by atoms with Crippen LogP contribution in [0.25, 0.3) is 0 Å². The van der Waals surface area contributed by atoms with E-state index in [9.17, 15) is 4.79 Å². The van der Waals surface area contributed by atoms with Crippen LogP contribution >= 0.6 is 0 Å². The number of hydrogen-bond acceptors (Lipinski definition) is 6. The number of carbonyl (C=O) groups is 1. The zero-order valence-corrected chi connectivity index (χ0v) is 17.0. The standard InChI is InChI=1S/C21H31NO5/c1-13(2)8-15-12-22-7-6-14-9-19(24-3)20(25-4)10-16(14)17(22)11-18(15)27-21(23)26-5/h9-10,13,15,17-18H,6-8,11-12H2,1-5H3/t15-,17-,18-/m1/s1. The third-order valence-corrected chi connectivity index (χ3v) is 5.75. The molecule has 0 saturated carbocycles. The zero-order chi connectivity index (χ0) is 19.6. The van der Waals surface area contributed by atoms with Gasteiger partial charge < -0.3 is 18.9 Å². The molecule has 1 saturated heterocycles. The fourth-order valence-electron chi connectivity index (χ4n) is 4.55. The first-order chi connectivity index (χ1) is 13.0. The topological polar surface area (TPSA) is 57.2 Å². The van der Waals surface area contributed by atoms with Crippen LogP contribution < -0.4 is 9.47 Å². The fraction of sp³-hybridized carbons (Fsp3) is 0.667. The molecule has 0 aromatic heterocycles. The summed E-state index contributed by atoms with van der Waals surface area (Å²) in [6.45, 7) is 6.36. The summed E-state index contributed by atoms with van der Waals surface area (Å²) in [7, 11) is 4.69. The molecule has 0 N–H and O–H groups in total. The fourth-order valence-corrected chi connectivity index (χ4v) is 4.55. The van der Waals surface area contributed by atoms with E-state index in [0.717, 1.165) is 43.9 Å². The minimum Gasteiger partial charge on any atom is -0.493 e. The molecule has 2 heterocycles. The molecule has 3 atom stereocenters. The van der Waals surface area contributed by atoms with E-state index in [4.69, 9.17) is 18.9 Å². The Morgan fingerprint density at radius 2 is 1.89 bits per heavy atom. The SMILES string of the molecule is COC(=O)O[C@@H]1C[C@@H]2c3cc(OC)c(OC)cc3CCN2C[C@H]1CC(C)C. The van der Waals surface area contributed by atoms with Gasteiger partial charge in [0.2, 0.25) is 0 Å². The molecule has 6 nitrogen and oxygen atoms in total. The lowest BCUT2D eigenvalue weighted by Crippen LogP contribution is -2.49. The van der Waals surface area contributed by atoms with Gasteiger partial charge in [-0.1, -0.05) is 13.8 Å². The van der Waals surface area contributed by atoms with E-state index in [1.54, 1.807) is 14.2 Å². The highest BCUT2D eigenvalue weighted by Crippen LogP contribution is 2.44. The van der Waals surface area contributed by atoms with Crippen molar-refractivity contribution in [1.82, 2.24) is 4.90 Å². The van der Waals surface area contributed by atoms with Gasteiger partial charge in [0.1, 0.15) is 6.10 Å². The quantitative estimate of drug-likeness (QED) is 0.727. The lowest BCUT2D eigenvalue weighted by molar-refractivity contribution is -0.0493. The highest BCUT2D eigenvalue weighted by molar-refractivity contribution is 5.60. The van der Waals surface area contributed by atoms with Crippen LogP contribution in [0, 0.1) is 11.8 Å². The molecule has 1 aromatic carbocycles. The van der Waals surface area contributed by atoms with Gasteiger partial charge in [-0.3, -0.25) is 4.90 Å². The Hall–Kier alpha value is -1.95. The van der Waals surface area contributed by atoms with Gasteiger partial charge in [-0.25, -0.2) is 4.79 Å². The minimum absolute atomic E-state index is 0.139. The summed E-state index contributed by atoms with van der Waals surface area (Å²) in [5.41, 5.74) is 2.54. The summed E-state index contributed by atoms with van der Waals surface area (Å²) in [6.07, 6.45) is 2.06. The van der Waals surface area contributed by atoms with Crippen molar-refractivity contribution in [3.8, 4) is 11.5 Å². The molecule has 0 aliphatic carbocycles. The maximum absolute atomic E-state index is 11.8. The zero-order valence-electron chi connectivity index (χ0n) is 17.0. The van der Waals surface area contributed by atoms with Gasteiger partial charge in [0.25, 0.3) is 0 Å². The van der Waals surface area contributed by atoms with Crippen molar-refractivity contribution in [3.05, 3.63) is 23.3 Å². The van der Waals surface area contributed by atoms with Crippen LogP contribution in [-0.4, -0.2) is 51.6 Å². The maximum atomic E-state index is 11.8. The van der Waals surface area contributed by atoms with Gasteiger partial charge in [0.15, 0.2) is 11.5 Å². The predicted molar refractivity (Wildman–Crippen MR) is 102 cm³/mol. The van der Waals surface area contributed by atoms with E-state index >= 15 is 0 Å². The molecule has 2 aliphatic rings. The van der Waals surface area contributed by atoms with Crippen LogP contribution in [0.1, 0.15) is 43.9 Å². The van der Waals surface area contributed by atoms with E-state index < -0.39 is 6.16 Å². The first-order valence-electron chi connectivity index (χ1n) is 9.70. The van der Waals surface area contributed by atoms with Crippen LogP contribution in [0.5, 0.6) is 11.5 Å². The number of methoxy groups -OCH3 is 3. The molecule has 0 unspecified atom stereocenters. The molecule has 0 bridgehead atoms. The molecule has 150 valence electrons. The Balaban J connectivity index is 1.90. The highest BCUT2D eigenvalue weighted by atomic mass is 16.7. The largest absolute Gasteiger partial charge is 0.508 e. The second kappa shape index (κ2) is 8.38. The molecule has 3 rings (SSSR count). The van der Waals surface area contributed by atoms with Crippen molar-refractivity contribution in [3.63, 3.8) is 0 Å². The number of carbonyl (C=O) groups excluding carboxylic acids is 1. The van der Waals surface area contributed by atoms with Crippen molar-refractivity contribution >= 4 is 6.16 Å². The molecule has 6 heteroatoms. The second-order valence-electron chi connectivity index (χ2n) is 7.90. The van der Waals surface area contributed by atoms with E-state index in [-0.39, 0.29) is 12.1 Å². The summed E-state index contributed by atoms with van der Waals surface area (Å²) in [5.74, 6) is 2.38. The molecular formula is C21H31NO5. The highest BCUT2D eigenvalue weighted by Gasteiger charge is 2.41. The van der Waals surface area contributed by atoms with Gasteiger partial charge >= 0.3 is 6.16 Å². The molecule has 0 radical (unpaired) electrons. The Morgan fingerprint density at radius 3 is 2.52 bits per heavy atom. The lowest BCUT2D eigenvalue weighted by atomic mass is 9.79. The van der Waals surface area contributed by atoms with E-state index in [0.29, 0.717) is 11.8 Å². The molecule has 1 fully saturated rings. The average Bonchev–Trinajstić information content (AvgIpc) is 2.66. The van der Waals surface area contributed by atoms with Crippen LogP contribution in [0.4, 0.5) is 4.79 Å². The van der Waals surface area contributed by atoms with Gasteiger partial charge in [-0.05, 0) is 42.0 Å². The summed E-state index contributed by atoms with van der Waals surface area (Å²) >= 11 is 0. The van der Waals surface area contributed by atoms with Crippen molar-refractivity contribution in [2.24, 2.45) is 11.8 Å². The first-order valence-corrected chi connectivity index (χ1v) is 9.70. The van der Waals surface area contributed by atoms with Crippen LogP contribution in [-0.2, 0) is 15.9 Å². The number of ether oxygens (including phenoxy) is 4.